The summed E-state index contributed by atoms with van der Waals surface area (Å²) in [5.74, 6) is -2.53. The highest BCUT2D eigenvalue weighted by atomic mass is 16.5. The van der Waals surface area contributed by atoms with Gasteiger partial charge in [0.15, 0.2) is 0 Å². The van der Waals surface area contributed by atoms with Gasteiger partial charge in [-0.1, -0.05) is 32.9 Å². The Hall–Kier alpha value is -2.37. The lowest BCUT2D eigenvalue weighted by Gasteiger charge is -2.19. The molecule has 22 heavy (non-hydrogen) atoms. The van der Waals surface area contributed by atoms with Crippen LogP contribution in [0.1, 0.15) is 43.1 Å². The molecule has 0 bridgehead atoms. The number of hydrogen-bond acceptors (Lipinski definition) is 4. The highest BCUT2D eigenvalue weighted by molar-refractivity contribution is 5.97. The number of methoxy groups -OCH3 is 1. The number of rotatable bonds is 5. The van der Waals surface area contributed by atoms with Crippen molar-refractivity contribution in [1.29, 1.82) is 0 Å². The van der Waals surface area contributed by atoms with E-state index >= 15 is 0 Å². The van der Waals surface area contributed by atoms with Crippen LogP contribution in [0.2, 0.25) is 0 Å². The number of hydrogen-bond donors (Lipinski definition) is 2. The summed E-state index contributed by atoms with van der Waals surface area (Å²) in [7, 11) is 1.16. The quantitative estimate of drug-likeness (QED) is 0.808. The van der Waals surface area contributed by atoms with Gasteiger partial charge in [-0.3, -0.25) is 9.59 Å². The Morgan fingerprint density at radius 3 is 2.14 bits per heavy atom. The Morgan fingerprint density at radius 2 is 1.73 bits per heavy atom. The number of carbonyl (C=O) groups excluding carboxylic acids is 2. The molecule has 0 aliphatic rings. The summed E-state index contributed by atoms with van der Waals surface area (Å²) in [5.41, 5.74) is 1.36. The topological polar surface area (TPSA) is 92.7 Å². The Kier molecular flexibility index (Phi) is 5.68. The van der Waals surface area contributed by atoms with Gasteiger partial charge in [-0.2, -0.15) is 0 Å². The largest absolute Gasteiger partial charge is 0.480 e. The summed E-state index contributed by atoms with van der Waals surface area (Å²) in [6.45, 7) is 6.16. The Balaban J connectivity index is 2.82. The molecule has 0 saturated carbocycles. The lowest BCUT2D eigenvalue weighted by Crippen LogP contribution is -2.42. The number of carbonyl (C=O) groups is 3. The molecule has 0 aliphatic carbocycles. The van der Waals surface area contributed by atoms with E-state index in [1.807, 2.05) is 12.1 Å². The second-order valence-electron chi connectivity index (χ2n) is 5.97. The molecule has 0 aliphatic heterocycles. The summed E-state index contributed by atoms with van der Waals surface area (Å²) in [5, 5.41) is 11.4. The number of benzene rings is 1. The molecule has 0 fully saturated rings. The number of ether oxygens (including phenoxy) is 1. The van der Waals surface area contributed by atoms with E-state index in [2.05, 4.69) is 30.8 Å². The molecular formula is C16H21NO5. The molecule has 1 atom stereocenters. The van der Waals surface area contributed by atoms with Gasteiger partial charge in [0.2, 0.25) is 0 Å². The van der Waals surface area contributed by atoms with Crippen molar-refractivity contribution < 1.29 is 24.2 Å². The van der Waals surface area contributed by atoms with Crippen LogP contribution in [0, 0.1) is 0 Å². The van der Waals surface area contributed by atoms with Crippen LogP contribution < -0.4 is 5.32 Å². The molecule has 120 valence electrons. The second-order valence-corrected chi connectivity index (χ2v) is 5.97. The maximum Gasteiger partial charge on any atom is 0.326 e. The monoisotopic (exact) mass is 307 g/mol. The lowest BCUT2D eigenvalue weighted by atomic mass is 9.86. The van der Waals surface area contributed by atoms with E-state index in [-0.39, 0.29) is 5.41 Å². The Bertz CT molecular complexity index is 557. The first-order valence-corrected chi connectivity index (χ1v) is 6.86. The lowest BCUT2D eigenvalue weighted by molar-refractivity contribution is -0.147. The standard InChI is InChI=1S/C16H21NO5/c1-16(2,3)11-7-5-10(6-8-11)14(19)17-12(15(20)21)9-13(18)22-4/h5-8,12H,9H2,1-4H3,(H,17,19)(H,20,21). The molecule has 0 spiro atoms. The van der Waals surface area contributed by atoms with Crippen LogP contribution in [0.5, 0.6) is 0 Å². The van der Waals surface area contributed by atoms with Gasteiger partial charge in [0.1, 0.15) is 6.04 Å². The predicted molar refractivity (Wildman–Crippen MR) is 80.7 cm³/mol. The minimum absolute atomic E-state index is 0.0382. The first-order valence-electron chi connectivity index (χ1n) is 6.86. The van der Waals surface area contributed by atoms with E-state index in [4.69, 9.17) is 5.11 Å². The number of esters is 1. The molecule has 0 heterocycles. The first kappa shape index (κ1) is 17.7. The van der Waals surface area contributed by atoms with Crippen LogP contribution in [-0.4, -0.2) is 36.1 Å². The predicted octanol–water partition coefficient (Wildman–Crippen LogP) is 1.73. The fourth-order valence-corrected chi connectivity index (χ4v) is 1.81. The van der Waals surface area contributed by atoms with Gasteiger partial charge in [0.05, 0.1) is 13.5 Å². The van der Waals surface area contributed by atoms with Crippen LogP contribution in [-0.2, 0) is 19.7 Å². The maximum atomic E-state index is 12.1. The molecule has 0 aromatic heterocycles. The highest BCUT2D eigenvalue weighted by Crippen LogP contribution is 2.22. The van der Waals surface area contributed by atoms with Crippen molar-refractivity contribution in [3.63, 3.8) is 0 Å². The van der Waals surface area contributed by atoms with Gasteiger partial charge in [-0.25, -0.2) is 4.79 Å². The zero-order chi connectivity index (χ0) is 16.9. The molecule has 1 rings (SSSR count). The average molecular weight is 307 g/mol. The Morgan fingerprint density at radius 1 is 1.18 bits per heavy atom. The molecule has 1 aromatic rings. The van der Waals surface area contributed by atoms with Crippen molar-refractivity contribution in [1.82, 2.24) is 5.32 Å². The number of nitrogens with one attached hydrogen (secondary N) is 1. The van der Waals surface area contributed by atoms with Crippen molar-refractivity contribution in [2.45, 2.75) is 38.6 Å². The normalized spacial score (nSPS) is 12.4. The Labute approximate surface area is 129 Å². The van der Waals surface area contributed by atoms with Crippen molar-refractivity contribution in [2.75, 3.05) is 7.11 Å². The number of carboxylic acids is 1. The van der Waals surface area contributed by atoms with Gasteiger partial charge in [-0.15, -0.1) is 0 Å². The molecule has 1 unspecified atom stereocenters. The summed E-state index contributed by atoms with van der Waals surface area (Å²) >= 11 is 0. The maximum absolute atomic E-state index is 12.1. The minimum atomic E-state index is -1.32. The SMILES string of the molecule is COC(=O)CC(NC(=O)c1ccc(C(C)(C)C)cc1)C(=O)O. The summed E-state index contributed by atoms with van der Waals surface area (Å²) in [4.78, 5) is 34.3. The molecule has 2 N–H and O–H groups in total. The summed E-state index contributed by atoms with van der Waals surface area (Å²) in [6.07, 6.45) is -0.419. The van der Waals surface area contributed by atoms with Crippen molar-refractivity contribution >= 4 is 17.8 Å². The molecular weight excluding hydrogens is 286 g/mol. The zero-order valence-corrected chi connectivity index (χ0v) is 13.2. The average Bonchev–Trinajstić information content (AvgIpc) is 2.45. The molecule has 1 aromatic carbocycles. The van der Waals surface area contributed by atoms with Crippen molar-refractivity contribution in [3.05, 3.63) is 35.4 Å². The van der Waals surface area contributed by atoms with Crippen LogP contribution in [0.25, 0.3) is 0 Å². The van der Waals surface area contributed by atoms with Crippen LogP contribution in [0.15, 0.2) is 24.3 Å². The fraction of sp³-hybridized carbons (Fsp3) is 0.438. The number of carboxylic acid groups (broad SMARTS) is 1. The third-order valence-electron chi connectivity index (χ3n) is 3.21. The van der Waals surface area contributed by atoms with Gasteiger partial charge < -0.3 is 15.2 Å². The molecule has 0 radical (unpaired) electrons. The summed E-state index contributed by atoms with van der Waals surface area (Å²) < 4.78 is 4.42. The second kappa shape index (κ2) is 7.06. The minimum Gasteiger partial charge on any atom is -0.480 e. The van der Waals surface area contributed by atoms with Crippen LogP contribution in [0.4, 0.5) is 0 Å². The third kappa shape index (κ3) is 4.87. The van der Waals surface area contributed by atoms with E-state index in [0.717, 1.165) is 12.7 Å². The molecule has 6 nitrogen and oxygen atoms in total. The first-order chi connectivity index (χ1) is 10.1. The van der Waals surface area contributed by atoms with E-state index in [1.165, 1.54) is 0 Å². The number of amides is 1. The smallest absolute Gasteiger partial charge is 0.326 e. The fourth-order valence-electron chi connectivity index (χ4n) is 1.81. The van der Waals surface area contributed by atoms with Crippen LogP contribution >= 0.6 is 0 Å². The van der Waals surface area contributed by atoms with Crippen molar-refractivity contribution in [2.24, 2.45) is 0 Å². The van der Waals surface area contributed by atoms with Gasteiger partial charge in [0.25, 0.3) is 5.91 Å². The van der Waals surface area contributed by atoms with Crippen molar-refractivity contribution in [3.8, 4) is 0 Å². The third-order valence-corrected chi connectivity index (χ3v) is 3.21. The summed E-state index contributed by atoms with van der Waals surface area (Å²) in [6, 6.07) is 5.60. The number of aliphatic carboxylic acids is 1. The van der Waals surface area contributed by atoms with E-state index in [1.54, 1.807) is 12.1 Å². The zero-order valence-electron chi connectivity index (χ0n) is 13.2. The van der Waals surface area contributed by atoms with Gasteiger partial charge >= 0.3 is 11.9 Å². The van der Waals surface area contributed by atoms with E-state index < -0.39 is 30.3 Å². The van der Waals surface area contributed by atoms with Crippen LogP contribution in [0.3, 0.4) is 0 Å². The molecule has 0 saturated heterocycles. The van der Waals surface area contributed by atoms with Gasteiger partial charge in [0, 0.05) is 5.56 Å². The molecule has 6 heteroatoms. The highest BCUT2D eigenvalue weighted by Gasteiger charge is 2.24. The molecule has 1 amide bonds. The van der Waals surface area contributed by atoms with E-state index in [9.17, 15) is 14.4 Å². The van der Waals surface area contributed by atoms with Gasteiger partial charge in [-0.05, 0) is 23.1 Å². The van der Waals surface area contributed by atoms with E-state index in [0.29, 0.717) is 5.56 Å².